The first kappa shape index (κ1) is 8.94. The third kappa shape index (κ3) is 781. The van der Waals surface area contributed by atoms with Crippen molar-refractivity contribution in [2.45, 2.75) is 12.0 Å². The molecule has 0 aromatic rings. The van der Waals surface area contributed by atoms with Gasteiger partial charge in [-0.15, -0.1) is 12.8 Å². The Balaban J connectivity index is 0. The Bertz CT molecular complexity index is 14.9. The van der Waals surface area contributed by atoms with Gasteiger partial charge in [0.2, 0.25) is 0 Å². The Morgan fingerprint density at radius 1 is 1.60 bits per heavy atom. The Hall–Kier alpha value is 0.157. The van der Waals surface area contributed by atoms with Crippen molar-refractivity contribution in [2.24, 2.45) is 0 Å². The van der Waals surface area contributed by atoms with Crippen molar-refractivity contribution in [2.75, 3.05) is 0 Å². The third-order valence-electron chi connectivity index (χ3n) is 0. The van der Waals surface area contributed by atoms with E-state index in [1.54, 1.807) is 0 Å². The fourth-order valence-electron chi connectivity index (χ4n) is 0. The van der Waals surface area contributed by atoms with E-state index in [1.165, 1.54) is 5.09 Å². The van der Waals surface area contributed by atoms with Crippen molar-refractivity contribution in [3.63, 3.8) is 0 Å². The van der Waals surface area contributed by atoms with Crippen LogP contribution < -0.4 is 0 Å². The molecule has 5 heavy (non-hydrogen) atoms. The second kappa shape index (κ2) is 30.9. The second-order valence-corrected chi connectivity index (χ2v) is 0.707. The van der Waals surface area contributed by atoms with Gasteiger partial charge in [0.05, 0.1) is 0 Å². The normalized spacial score (nSPS) is 4.20. The molecule has 0 heterocycles. The van der Waals surface area contributed by atoms with Crippen molar-refractivity contribution in [3.05, 3.63) is 0 Å². The molecule has 0 bridgehead atoms. The molecule has 0 saturated heterocycles. The van der Waals surface area contributed by atoms with Gasteiger partial charge >= 0.3 is 29.7 Å². The van der Waals surface area contributed by atoms with Crippen molar-refractivity contribution in [1.29, 1.82) is 0 Å². The van der Waals surface area contributed by atoms with Gasteiger partial charge in [0, 0.05) is 0 Å². The van der Waals surface area contributed by atoms with Crippen LogP contribution in [0.2, 0.25) is 5.09 Å². The van der Waals surface area contributed by atoms with Crippen LogP contribution in [0.25, 0.3) is 0 Å². The van der Waals surface area contributed by atoms with Crippen LogP contribution in [-0.2, 0) is 0 Å². The fraction of sp³-hybridized carbons (Fsp3) is 0.500. The topological polar surface area (TPSA) is 0 Å². The number of hydrogen-bond donors (Lipinski definition) is 0. The van der Waals surface area contributed by atoms with Crippen molar-refractivity contribution < 1.29 is 0 Å². The summed E-state index contributed by atoms with van der Waals surface area (Å²) >= 11 is 2.12. The van der Waals surface area contributed by atoms with E-state index in [-0.39, 0.29) is 0 Å². The van der Waals surface area contributed by atoms with Crippen LogP contribution in [0.1, 0.15) is 6.92 Å². The standard InChI is InChI=1S/C2H5.C2H2.Li/c2*1-2;/h1H2,2H3;1-2H;. The molecule has 0 aliphatic rings. The van der Waals surface area contributed by atoms with Crippen molar-refractivity contribution >= 4 is 17.7 Å². The molecule has 1 heteroatoms. The summed E-state index contributed by atoms with van der Waals surface area (Å²) in [5.74, 6) is 0. The molecule has 0 amide bonds. The molecule has 24 valence electrons. The van der Waals surface area contributed by atoms with E-state index in [2.05, 4.69) is 37.5 Å². The molecule has 0 aliphatic carbocycles. The van der Waals surface area contributed by atoms with Gasteiger partial charge in [-0.2, -0.15) is 0 Å². The molecule has 0 spiro atoms. The Morgan fingerprint density at radius 2 is 1.60 bits per heavy atom. The van der Waals surface area contributed by atoms with E-state index in [9.17, 15) is 0 Å². The predicted octanol–water partition coefficient (Wildman–Crippen LogP) is 0.843. The average molecular weight is 62.0 g/mol. The minimum atomic E-state index is 1.25. The summed E-state index contributed by atoms with van der Waals surface area (Å²) in [4.78, 5) is 0. The molecule has 0 radical (unpaired) electrons. The Kier molecular flexibility index (Phi) is 55.3. The van der Waals surface area contributed by atoms with Gasteiger partial charge in [-0.1, -0.05) is 0 Å². The summed E-state index contributed by atoms with van der Waals surface area (Å²) in [5.41, 5.74) is 0. The molecule has 0 saturated carbocycles. The van der Waals surface area contributed by atoms with Crippen LogP contribution in [0, 0.1) is 12.8 Å². The Labute approximate surface area is 43.2 Å². The van der Waals surface area contributed by atoms with Crippen LogP contribution in [0.5, 0.6) is 0 Å². The summed E-state index contributed by atoms with van der Waals surface area (Å²) < 4.78 is 0. The van der Waals surface area contributed by atoms with Gasteiger partial charge in [-0.25, -0.2) is 0 Å². The van der Waals surface area contributed by atoms with Crippen LogP contribution in [0.15, 0.2) is 0 Å². The molecule has 0 N–H and O–H groups in total. The van der Waals surface area contributed by atoms with E-state index >= 15 is 0 Å². The molecule has 0 rings (SSSR count). The molecule has 0 atom stereocenters. The number of terminal acetylenes is 1. The van der Waals surface area contributed by atoms with Crippen molar-refractivity contribution in [1.82, 2.24) is 0 Å². The number of hydrogen-bond acceptors (Lipinski definition) is 0. The van der Waals surface area contributed by atoms with E-state index in [4.69, 9.17) is 0 Å². The zero-order valence-corrected chi connectivity index (χ0v) is 3.86. The van der Waals surface area contributed by atoms with Gasteiger partial charge < -0.3 is 0 Å². The zero-order chi connectivity index (χ0) is 4.71. The van der Waals surface area contributed by atoms with Crippen molar-refractivity contribution in [3.8, 4) is 12.8 Å². The summed E-state index contributed by atoms with van der Waals surface area (Å²) in [6, 6.07) is 0. The van der Waals surface area contributed by atoms with Gasteiger partial charge in [0.25, 0.3) is 0 Å². The minimum absolute atomic E-state index is 1.25. The van der Waals surface area contributed by atoms with Crippen LogP contribution in [-0.4, -0.2) is 17.7 Å². The summed E-state index contributed by atoms with van der Waals surface area (Å²) in [5, 5.41) is 1.25. The molecule has 0 unspecified atom stereocenters. The maximum absolute atomic E-state index is 4.00. The van der Waals surface area contributed by atoms with Crippen LogP contribution in [0.4, 0.5) is 0 Å². The Morgan fingerprint density at radius 3 is 1.60 bits per heavy atom. The molecule has 0 nitrogen and oxygen atoms in total. The first-order chi connectivity index (χ1) is 2.41. The van der Waals surface area contributed by atoms with Crippen LogP contribution in [0.3, 0.4) is 0 Å². The maximum atomic E-state index is 4.00. The van der Waals surface area contributed by atoms with Gasteiger partial charge in [-0.3, -0.25) is 0 Å². The quantitative estimate of drug-likeness (QED) is 0.288. The molecule has 0 fully saturated rings. The van der Waals surface area contributed by atoms with E-state index in [0.717, 1.165) is 0 Å². The molecular weight excluding hydrogens is 55.0 g/mol. The first-order valence-electron chi connectivity index (χ1n) is 1.75. The summed E-state index contributed by atoms with van der Waals surface area (Å²) in [6.07, 6.45) is 8.00. The molecule has 0 aliphatic heterocycles. The third-order valence-corrected chi connectivity index (χ3v) is 0. The fourth-order valence-corrected chi connectivity index (χ4v) is 0. The van der Waals surface area contributed by atoms with Crippen LogP contribution >= 0.6 is 0 Å². The second-order valence-electron chi connectivity index (χ2n) is 0.707. The molecule has 0 aromatic heterocycles. The number of rotatable bonds is 0. The summed E-state index contributed by atoms with van der Waals surface area (Å²) in [7, 11) is 0. The van der Waals surface area contributed by atoms with Gasteiger partial charge in [0.15, 0.2) is 0 Å². The van der Waals surface area contributed by atoms with E-state index in [1.807, 2.05) is 0 Å². The first-order valence-corrected chi connectivity index (χ1v) is 1.75. The van der Waals surface area contributed by atoms with E-state index in [0.29, 0.717) is 0 Å². The van der Waals surface area contributed by atoms with E-state index < -0.39 is 0 Å². The zero-order valence-electron chi connectivity index (χ0n) is 3.86. The SMILES string of the molecule is C#C.[Li][CH2]C. The van der Waals surface area contributed by atoms with Gasteiger partial charge in [0.1, 0.15) is 0 Å². The molecule has 0 aromatic carbocycles. The molecular formula is C4H7Li. The predicted molar refractivity (Wildman–Crippen MR) is 26.1 cm³/mol. The van der Waals surface area contributed by atoms with Gasteiger partial charge in [-0.05, 0) is 0 Å². The monoisotopic (exact) mass is 62.1 g/mol. The summed E-state index contributed by atoms with van der Waals surface area (Å²) in [6.45, 7) is 2.12. The average Bonchev–Trinajstić information content (AvgIpc) is 1.46.